The summed E-state index contributed by atoms with van der Waals surface area (Å²) in [6, 6.07) is 0. The Bertz CT molecular complexity index is 140. The van der Waals surface area contributed by atoms with Crippen molar-refractivity contribution in [1.29, 1.82) is 0 Å². The van der Waals surface area contributed by atoms with Crippen molar-refractivity contribution in [3.05, 3.63) is 25.3 Å². The van der Waals surface area contributed by atoms with Crippen LogP contribution in [-0.2, 0) is 4.74 Å². The van der Waals surface area contributed by atoms with E-state index in [1.165, 1.54) is 0 Å². The fraction of sp³-hybridized carbons (Fsp3) is 0.429. The van der Waals surface area contributed by atoms with Crippen molar-refractivity contribution in [2.75, 3.05) is 6.61 Å². The Morgan fingerprint density at radius 3 is 1.12 bits per heavy atom. The van der Waals surface area contributed by atoms with Crippen LogP contribution < -0.4 is 137 Å². The molecular formula is C7H12Na4O5Si. The summed E-state index contributed by atoms with van der Waals surface area (Å²) in [4.78, 5) is 34.3. The van der Waals surface area contributed by atoms with Gasteiger partial charge in [0.05, 0.1) is 12.7 Å². The molecule has 0 aromatic rings. The van der Waals surface area contributed by atoms with Gasteiger partial charge in [-0.05, 0) is 6.92 Å². The number of allylic oxidation sites excluding steroid dienone is 2. The Balaban J connectivity index is -0.0000000240. The van der Waals surface area contributed by atoms with E-state index in [1.54, 1.807) is 12.2 Å². The van der Waals surface area contributed by atoms with Crippen LogP contribution in [0.4, 0.5) is 0 Å². The summed E-state index contributed by atoms with van der Waals surface area (Å²) in [7, 11) is -5.61. The molecule has 1 heterocycles. The molecule has 1 saturated heterocycles. The minimum Gasteiger partial charge on any atom is -0.894 e. The summed E-state index contributed by atoms with van der Waals surface area (Å²) in [6.07, 6.45) is 3.86. The van der Waals surface area contributed by atoms with Crippen molar-refractivity contribution in [3.63, 3.8) is 0 Å². The fourth-order valence-electron chi connectivity index (χ4n) is 0.0962. The molecule has 1 aliphatic heterocycles. The quantitative estimate of drug-likeness (QED) is 0.271. The zero-order chi connectivity index (χ0) is 10.9. The molecule has 0 spiro atoms. The second kappa shape index (κ2) is 24.5. The number of hydrogen-bond donors (Lipinski definition) is 0. The number of hydrogen-bond acceptors (Lipinski definition) is 5. The molecule has 0 amide bonds. The Labute approximate surface area is 192 Å². The van der Waals surface area contributed by atoms with Crippen molar-refractivity contribution >= 4 is 9.05 Å². The summed E-state index contributed by atoms with van der Waals surface area (Å²) in [5.41, 5.74) is 0. The van der Waals surface area contributed by atoms with Crippen molar-refractivity contribution < 1.29 is 142 Å². The Kier molecular flexibility index (Phi) is 53.5. The van der Waals surface area contributed by atoms with Crippen LogP contribution in [0.5, 0.6) is 0 Å². The van der Waals surface area contributed by atoms with E-state index in [-0.39, 0.29) is 118 Å². The summed E-state index contributed by atoms with van der Waals surface area (Å²) < 4.78 is 4.71. The maximum Gasteiger partial charge on any atom is 1.00 e. The maximum absolute atomic E-state index is 8.58. The van der Waals surface area contributed by atoms with Crippen molar-refractivity contribution in [2.24, 2.45) is 0 Å². The van der Waals surface area contributed by atoms with E-state index in [2.05, 4.69) is 20.1 Å². The molecule has 17 heavy (non-hydrogen) atoms. The van der Waals surface area contributed by atoms with Crippen LogP contribution in [0.3, 0.4) is 0 Å². The summed E-state index contributed by atoms with van der Waals surface area (Å²) in [6.45, 7) is 9.76. The molecule has 0 bridgehead atoms. The van der Waals surface area contributed by atoms with Gasteiger partial charge in [-0.15, -0.1) is 0 Å². The van der Waals surface area contributed by atoms with Crippen LogP contribution in [0, 0.1) is 0 Å². The topological polar surface area (TPSA) is 105 Å². The molecule has 78 valence electrons. The van der Waals surface area contributed by atoms with Gasteiger partial charge in [-0.25, -0.2) is 0 Å². The van der Waals surface area contributed by atoms with Crippen LogP contribution >= 0.6 is 0 Å². The second-order valence-corrected chi connectivity index (χ2v) is 3.12. The third kappa shape index (κ3) is 106. The van der Waals surface area contributed by atoms with E-state index < -0.39 is 9.05 Å². The number of rotatable bonds is 1. The average molecular weight is 296 g/mol. The monoisotopic (exact) mass is 296 g/mol. The molecule has 1 fully saturated rings. The number of ether oxygens (including phenoxy) is 1. The normalized spacial score (nSPS) is 14.1. The molecule has 0 saturated carbocycles. The molecule has 1 atom stereocenters. The van der Waals surface area contributed by atoms with Crippen LogP contribution in [0.2, 0.25) is 0 Å². The van der Waals surface area contributed by atoms with Crippen molar-refractivity contribution in [1.82, 2.24) is 0 Å². The summed E-state index contributed by atoms with van der Waals surface area (Å²) in [5.74, 6) is 0. The molecule has 1 unspecified atom stereocenters. The van der Waals surface area contributed by atoms with Crippen molar-refractivity contribution in [2.45, 2.75) is 13.0 Å². The first-order chi connectivity index (χ1) is 5.81. The summed E-state index contributed by atoms with van der Waals surface area (Å²) in [5, 5.41) is 0. The zero-order valence-electron chi connectivity index (χ0n) is 11.4. The molecule has 0 N–H and O–H groups in total. The SMILES string of the molecule is C=CC=C.CC1CO1.[Na+].[Na+].[Na+].[Na+].[O-][Si]([O-])([O-])[O-]. The Morgan fingerprint density at radius 1 is 1.00 bits per heavy atom. The van der Waals surface area contributed by atoms with E-state index in [0.717, 1.165) is 6.61 Å². The fourth-order valence-corrected chi connectivity index (χ4v) is 0.0962. The van der Waals surface area contributed by atoms with E-state index in [9.17, 15) is 0 Å². The molecule has 1 rings (SSSR count). The number of epoxide rings is 1. The van der Waals surface area contributed by atoms with Gasteiger partial charge in [-0.3, -0.25) is 0 Å². The minimum absolute atomic E-state index is 0. The van der Waals surface area contributed by atoms with Gasteiger partial charge in [-0.2, -0.15) is 0 Å². The first-order valence-corrected chi connectivity index (χ1v) is 5.11. The van der Waals surface area contributed by atoms with Gasteiger partial charge in [0.2, 0.25) is 0 Å². The van der Waals surface area contributed by atoms with Gasteiger partial charge >= 0.3 is 118 Å². The van der Waals surface area contributed by atoms with Gasteiger partial charge < -0.3 is 33.0 Å². The van der Waals surface area contributed by atoms with Gasteiger partial charge in [0.15, 0.2) is 0 Å². The van der Waals surface area contributed by atoms with Crippen LogP contribution in [0.25, 0.3) is 0 Å². The predicted octanol–water partition coefficient (Wildman–Crippen LogP) is -15.4. The molecule has 1 aliphatic rings. The minimum atomic E-state index is -5.61. The van der Waals surface area contributed by atoms with Gasteiger partial charge in [-0.1, -0.05) is 25.3 Å². The van der Waals surface area contributed by atoms with E-state index in [1.807, 2.05) is 0 Å². The van der Waals surface area contributed by atoms with Crippen molar-refractivity contribution in [3.8, 4) is 0 Å². The van der Waals surface area contributed by atoms with E-state index in [0.29, 0.717) is 6.10 Å². The zero-order valence-corrected chi connectivity index (χ0v) is 20.4. The van der Waals surface area contributed by atoms with Gasteiger partial charge in [0.1, 0.15) is 0 Å². The molecule has 5 nitrogen and oxygen atoms in total. The average Bonchev–Trinajstić information content (AvgIpc) is 2.69. The smallest absolute Gasteiger partial charge is 0.894 e. The molecule has 0 aliphatic carbocycles. The third-order valence-corrected chi connectivity index (χ3v) is 0.667. The second-order valence-electron chi connectivity index (χ2n) is 2.12. The molecule has 10 heteroatoms. The molecule has 0 aromatic heterocycles. The Morgan fingerprint density at radius 2 is 1.12 bits per heavy atom. The van der Waals surface area contributed by atoms with Crippen LogP contribution in [0.15, 0.2) is 25.3 Å². The largest absolute Gasteiger partial charge is 1.00 e. The molecule has 0 aromatic carbocycles. The summed E-state index contributed by atoms with van der Waals surface area (Å²) >= 11 is 0. The predicted molar refractivity (Wildman–Crippen MR) is 41.6 cm³/mol. The molecular weight excluding hydrogens is 284 g/mol. The molecule has 0 radical (unpaired) electrons. The van der Waals surface area contributed by atoms with E-state index >= 15 is 0 Å². The van der Waals surface area contributed by atoms with Crippen LogP contribution in [-0.4, -0.2) is 21.8 Å². The maximum atomic E-state index is 8.58. The third-order valence-electron chi connectivity index (χ3n) is 0.667. The van der Waals surface area contributed by atoms with Crippen LogP contribution in [0.1, 0.15) is 6.92 Å². The standard InChI is InChI=1S/C4H6.C3H6O.4Na.O4Si/c1-3-4-2;1-3-2-4-3;;;;;1-5(2,3)4/h3-4H,1-2H2;3H,2H2,1H3;;;;;/q;;4*+1;-4. The first-order valence-electron chi connectivity index (χ1n) is 3.48. The van der Waals surface area contributed by atoms with Gasteiger partial charge in [0, 0.05) is 0 Å². The first kappa shape index (κ1) is 37.1. The Hall–Kier alpha value is 3.50. The van der Waals surface area contributed by atoms with Gasteiger partial charge in [0.25, 0.3) is 0 Å². The van der Waals surface area contributed by atoms with E-state index in [4.69, 9.17) is 23.9 Å².